The van der Waals surface area contributed by atoms with E-state index < -0.39 is 33.2 Å². The van der Waals surface area contributed by atoms with Crippen LogP contribution in [0.25, 0.3) is 0 Å². The Morgan fingerprint density at radius 3 is 2.29 bits per heavy atom. The van der Waals surface area contributed by atoms with Crippen LogP contribution in [0.1, 0.15) is 0 Å². The lowest BCUT2D eigenvalue weighted by atomic mass is 10.3. The minimum absolute atomic E-state index is 0.233. The van der Waals surface area contributed by atoms with Crippen LogP contribution in [-0.2, 0) is 10.0 Å². The lowest BCUT2D eigenvalue weighted by molar-refractivity contribution is 0.306. The minimum Gasteiger partial charge on any atom is -0.394 e. The Kier molecular flexibility index (Phi) is 4.54. The third-order valence-electron chi connectivity index (χ3n) is 2.81. The van der Waals surface area contributed by atoms with E-state index in [0.29, 0.717) is 6.07 Å². The first-order valence-electron chi connectivity index (χ1n) is 6.10. The van der Waals surface area contributed by atoms with Crippen molar-refractivity contribution in [2.24, 2.45) is 0 Å². The molecule has 0 saturated carbocycles. The van der Waals surface area contributed by atoms with E-state index in [4.69, 9.17) is 5.11 Å². The molecule has 4 nitrogen and oxygen atoms in total. The van der Waals surface area contributed by atoms with E-state index in [9.17, 15) is 17.2 Å². The van der Waals surface area contributed by atoms with Crippen molar-refractivity contribution < 1.29 is 22.3 Å². The van der Waals surface area contributed by atoms with Gasteiger partial charge in [0.25, 0.3) is 10.0 Å². The first kappa shape index (κ1) is 15.4. The number of hydrogen-bond acceptors (Lipinski definition) is 3. The van der Waals surface area contributed by atoms with E-state index in [0.717, 1.165) is 16.4 Å². The molecule has 0 amide bonds. The number of para-hydroxylation sites is 1. The zero-order chi connectivity index (χ0) is 15.5. The summed E-state index contributed by atoms with van der Waals surface area (Å²) in [5, 5.41) is 9.06. The molecule has 21 heavy (non-hydrogen) atoms. The number of aliphatic hydroxyl groups is 1. The maximum Gasteiger partial charge on any atom is 0.267 e. The summed E-state index contributed by atoms with van der Waals surface area (Å²) in [6, 6.07) is 10.2. The van der Waals surface area contributed by atoms with Gasteiger partial charge < -0.3 is 5.11 Å². The molecule has 2 aromatic rings. The molecule has 0 spiro atoms. The van der Waals surface area contributed by atoms with Gasteiger partial charge in [-0.1, -0.05) is 18.2 Å². The molecule has 0 aliphatic carbocycles. The van der Waals surface area contributed by atoms with Crippen LogP contribution in [0.15, 0.2) is 53.4 Å². The number of halogens is 2. The Labute approximate surface area is 121 Å². The summed E-state index contributed by atoms with van der Waals surface area (Å²) in [6.07, 6.45) is 0. The van der Waals surface area contributed by atoms with E-state index in [-0.39, 0.29) is 12.2 Å². The highest BCUT2D eigenvalue weighted by Crippen LogP contribution is 2.25. The molecule has 0 radical (unpaired) electrons. The Bertz CT molecular complexity index is 720. The topological polar surface area (TPSA) is 57.6 Å². The standard InChI is InChI=1S/C14H13F2NO3S/c15-11-6-7-14(13(16)10-11)21(19,20)17(8-9-18)12-4-2-1-3-5-12/h1-7,10,18H,8-9H2. The van der Waals surface area contributed by atoms with Crippen LogP contribution in [0.2, 0.25) is 0 Å². The predicted molar refractivity (Wildman–Crippen MR) is 74.4 cm³/mol. The number of rotatable bonds is 5. The third kappa shape index (κ3) is 3.20. The van der Waals surface area contributed by atoms with Crippen LogP contribution < -0.4 is 4.31 Å². The van der Waals surface area contributed by atoms with Crippen LogP contribution in [-0.4, -0.2) is 26.7 Å². The summed E-state index contributed by atoms with van der Waals surface area (Å²) in [5.41, 5.74) is 0.287. The molecular weight excluding hydrogens is 300 g/mol. The molecule has 2 aromatic carbocycles. The fraction of sp³-hybridized carbons (Fsp3) is 0.143. The van der Waals surface area contributed by atoms with Gasteiger partial charge in [0, 0.05) is 6.07 Å². The average Bonchev–Trinajstić information content (AvgIpc) is 2.45. The molecule has 2 rings (SSSR count). The fourth-order valence-corrected chi connectivity index (χ4v) is 3.38. The molecule has 0 atom stereocenters. The van der Waals surface area contributed by atoms with Gasteiger partial charge in [-0.3, -0.25) is 4.31 Å². The molecule has 0 heterocycles. The molecule has 112 valence electrons. The maximum absolute atomic E-state index is 13.8. The molecule has 1 N–H and O–H groups in total. The number of aliphatic hydroxyl groups excluding tert-OH is 1. The van der Waals surface area contributed by atoms with Crippen molar-refractivity contribution in [3.63, 3.8) is 0 Å². The molecule has 0 unspecified atom stereocenters. The van der Waals surface area contributed by atoms with E-state index >= 15 is 0 Å². The van der Waals surface area contributed by atoms with Crippen molar-refractivity contribution in [2.75, 3.05) is 17.5 Å². The van der Waals surface area contributed by atoms with Gasteiger partial charge in [0.2, 0.25) is 0 Å². The number of hydrogen-bond donors (Lipinski definition) is 1. The number of nitrogens with zero attached hydrogens (tertiary/aromatic N) is 1. The van der Waals surface area contributed by atoms with Crippen LogP contribution >= 0.6 is 0 Å². The second-order valence-electron chi connectivity index (χ2n) is 4.21. The summed E-state index contributed by atoms with van der Waals surface area (Å²) in [5.74, 6) is -2.03. The summed E-state index contributed by atoms with van der Waals surface area (Å²) in [7, 11) is -4.23. The molecule has 0 aromatic heterocycles. The molecule has 0 aliphatic heterocycles. The first-order chi connectivity index (χ1) is 9.96. The van der Waals surface area contributed by atoms with E-state index in [2.05, 4.69) is 0 Å². The fourth-order valence-electron chi connectivity index (χ4n) is 1.88. The van der Waals surface area contributed by atoms with Crippen molar-refractivity contribution in [1.29, 1.82) is 0 Å². The average molecular weight is 313 g/mol. The molecule has 7 heteroatoms. The minimum atomic E-state index is -4.23. The maximum atomic E-state index is 13.8. The van der Waals surface area contributed by atoms with Gasteiger partial charge >= 0.3 is 0 Å². The largest absolute Gasteiger partial charge is 0.394 e. The molecular formula is C14H13F2NO3S. The molecule has 0 aliphatic rings. The predicted octanol–water partition coefficient (Wildman–Crippen LogP) is 2.15. The van der Waals surface area contributed by atoms with E-state index in [1.54, 1.807) is 18.2 Å². The smallest absolute Gasteiger partial charge is 0.267 e. The lowest BCUT2D eigenvalue weighted by Crippen LogP contribution is -2.34. The van der Waals surface area contributed by atoms with Crippen LogP contribution in [0, 0.1) is 11.6 Å². The zero-order valence-corrected chi connectivity index (χ0v) is 11.7. The van der Waals surface area contributed by atoms with Gasteiger partial charge in [-0.05, 0) is 24.3 Å². The highest BCUT2D eigenvalue weighted by atomic mass is 32.2. The third-order valence-corrected chi connectivity index (χ3v) is 4.67. The Morgan fingerprint density at radius 1 is 1.05 bits per heavy atom. The lowest BCUT2D eigenvalue weighted by Gasteiger charge is -2.23. The Balaban J connectivity index is 2.53. The summed E-state index contributed by atoms with van der Waals surface area (Å²) in [6.45, 7) is -0.667. The number of sulfonamides is 1. The van der Waals surface area contributed by atoms with Gasteiger partial charge in [-0.2, -0.15) is 0 Å². The summed E-state index contributed by atoms with van der Waals surface area (Å²) < 4.78 is 52.6. The van der Waals surface area contributed by atoms with Crippen molar-refractivity contribution in [3.8, 4) is 0 Å². The molecule has 0 fully saturated rings. The van der Waals surface area contributed by atoms with Crippen LogP contribution in [0.3, 0.4) is 0 Å². The highest BCUT2D eigenvalue weighted by molar-refractivity contribution is 7.92. The summed E-state index contributed by atoms with van der Waals surface area (Å²) >= 11 is 0. The Morgan fingerprint density at radius 2 is 1.71 bits per heavy atom. The Hall–Kier alpha value is -1.99. The highest BCUT2D eigenvalue weighted by Gasteiger charge is 2.27. The number of anilines is 1. The second-order valence-corrected chi connectivity index (χ2v) is 6.04. The molecule has 0 bridgehead atoms. The van der Waals surface area contributed by atoms with Gasteiger partial charge in [0.1, 0.15) is 16.5 Å². The van der Waals surface area contributed by atoms with Gasteiger partial charge in [-0.25, -0.2) is 17.2 Å². The van der Waals surface area contributed by atoms with Crippen molar-refractivity contribution >= 4 is 15.7 Å². The molecule has 0 saturated heterocycles. The quantitative estimate of drug-likeness (QED) is 0.920. The van der Waals surface area contributed by atoms with Gasteiger partial charge in [-0.15, -0.1) is 0 Å². The SMILES string of the molecule is O=S(=O)(c1ccc(F)cc1F)N(CCO)c1ccccc1. The van der Waals surface area contributed by atoms with Crippen molar-refractivity contribution in [3.05, 3.63) is 60.2 Å². The monoisotopic (exact) mass is 313 g/mol. The van der Waals surface area contributed by atoms with Crippen molar-refractivity contribution in [1.82, 2.24) is 0 Å². The first-order valence-corrected chi connectivity index (χ1v) is 7.54. The van der Waals surface area contributed by atoms with E-state index in [1.165, 1.54) is 12.1 Å². The van der Waals surface area contributed by atoms with Crippen LogP contribution in [0.5, 0.6) is 0 Å². The number of benzene rings is 2. The zero-order valence-electron chi connectivity index (χ0n) is 10.9. The normalized spacial score (nSPS) is 11.4. The van der Waals surface area contributed by atoms with Gasteiger partial charge in [0.15, 0.2) is 0 Å². The van der Waals surface area contributed by atoms with Crippen LogP contribution in [0.4, 0.5) is 14.5 Å². The van der Waals surface area contributed by atoms with E-state index in [1.807, 2.05) is 0 Å². The second kappa shape index (κ2) is 6.19. The summed E-state index contributed by atoms with van der Waals surface area (Å²) in [4.78, 5) is -0.638. The van der Waals surface area contributed by atoms with Crippen molar-refractivity contribution in [2.45, 2.75) is 4.90 Å². The van der Waals surface area contributed by atoms with Gasteiger partial charge in [0.05, 0.1) is 18.8 Å².